The lowest BCUT2D eigenvalue weighted by atomic mass is 10.0. The van der Waals surface area contributed by atoms with Crippen LogP contribution in [0.3, 0.4) is 0 Å². The molecule has 0 saturated heterocycles. The maximum Gasteiger partial charge on any atom is 0.306 e. The normalized spacial score (nSPS) is 12.2. The highest BCUT2D eigenvalue weighted by molar-refractivity contribution is 5.71. The summed E-state index contributed by atoms with van der Waals surface area (Å²) in [5.41, 5.74) is 0. The van der Waals surface area contributed by atoms with Gasteiger partial charge in [-0.25, -0.2) is 0 Å². The molecule has 0 bridgehead atoms. The van der Waals surface area contributed by atoms with Crippen LogP contribution in [0.4, 0.5) is 0 Å². The molecule has 386 valence electrons. The van der Waals surface area contributed by atoms with Gasteiger partial charge in [0.1, 0.15) is 13.2 Å². The summed E-state index contributed by atoms with van der Waals surface area (Å²) in [4.78, 5) is 38.1. The Hall–Kier alpha value is -2.37. The summed E-state index contributed by atoms with van der Waals surface area (Å²) < 4.78 is 16.9. The summed E-state index contributed by atoms with van der Waals surface area (Å²) in [6.07, 6.45) is 65.7. The molecule has 0 saturated carbocycles. The first-order chi connectivity index (χ1) is 32.5. The zero-order valence-electron chi connectivity index (χ0n) is 44.2. The predicted octanol–water partition coefficient (Wildman–Crippen LogP) is 19.3. The fourth-order valence-electron chi connectivity index (χ4n) is 8.54. The standard InChI is InChI=1S/C60H110O6/c1-4-7-10-13-16-19-22-25-27-29-30-32-33-35-38-41-44-47-50-53-59(62)65-56-57(55-64-58(61)52-49-46-43-40-37-24-21-18-15-12-9-6-3)66-60(63)54-51-48-45-42-39-36-34-31-28-26-23-20-17-14-11-8-5-2/h9,12,18,21,26,28,57H,4-8,10-11,13-17,19-20,22-25,27,29-56H2,1-3H3/b12-9-,21-18-,28-26-. The van der Waals surface area contributed by atoms with Crippen molar-refractivity contribution in [2.24, 2.45) is 0 Å². The number of allylic oxidation sites excluding steroid dienone is 6. The molecule has 0 amide bonds. The Morgan fingerprint density at radius 1 is 0.318 bits per heavy atom. The Bertz CT molecular complexity index is 1110. The fourth-order valence-corrected chi connectivity index (χ4v) is 8.54. The Kier molecular flexibility index (Phi) is 53.2. The lowest BCUT2D eigenvalue weighted by Gasteiger charge is -2.18. The second-order valence-electron chi connectivity index (χ2n) is 19.5. The number of hydrogen-bond acceptors (Lipinski definition) is 6. The zero-order valence-corrected chi connectivity index (χ0v) is 44.2. The SMILES string of the molecule is CC/C=C\C/C=C\CCCCCCCC(=O)OCC(COC(=O)CCCCCCCCCCCCCCCCCCCCC)OC(=O)CCCCCCCCC/C=C\CCCCCCCC. The van der Waals surface area contributed by atoms with Crippen LogP contribution in [-0.2, 0) is 28.6 Å². The van der Waals surface area contributed by atoms with Gasteiger partial charge in [-0.15, -0.1) is 0 Å². The van der Waals surface area contributed by atoms with E-state index in [-0.39, 0.29) is 31.1 Å². The number of rotatable bonds is 53. The molecular formula is C60H110O6. The minimum atomic E-state index is -0.777. The van der Waals surface area contributed by atoms with Crippen molar-refractivity contribution < 1.29 is 28.6 Å². The monoisotopic (exact) mass is 927 g/mol. The van der Waals surface area contributed by atoms with E-state index in [2.05, 4.69) is 57.2 Å². The first-order valence-electron chi connectivity index (χ1n) is 29.0. The molecule has 0 aromatic heterocycles. The van der Waals surface area contributed by atoms with E-state index in [9.17, 15) is 14.4 Å². The van der Waals surface area contributed by atoms with Gasteiger partial charge in [0.2, 0.25) is 0 Å². The third-order valence-corrected chi connectivity index (χ3v) is 12.9. The molecular weight excluding hydrogens is 817 g/mol. The summed E-state index contributed by atoms with van der Waals surface area (Å²) in [7, 11) is 0. The molecule has 0 aliphatic rings. The van der Waals surface area contributed by atoms with Gasteiger partial charge in [-0.2, -0.15) is 0 Å². The van der Waals surface area contributed by atoms with Crippen molar-refractivity contribution in [1.82, 2.24) is 0 Å². The van der Waals surface area contributed by atoms with Crippen LogP contribution in [0.25, 0.3) is 0 Å². The number of carbonyl (C=O) groups is 3. The highest BCUT2D eigenvalue weighted by Crippen LogP contribution is 2.17. The lowest BCUT2D eigenvalue weighted by molar-refractivity contribution is -0.167. The summed E-state index contributed by atoms with van der Waals surface area (Å²) in [6.45, 7) is 6.55. The summed E-state index contributed by atoms with van der Waals surface area (Å²) in [6, 6.07) is 0. The van der Waals surface area contributed by atoms with Gasteiger partial charge >= 0.3 is 17.9 Å². The average molecular weight is 928 g/mol. The van der Waals surface area contributed by atoms with Crippen molar-refractivity contribution in [3.63, 3.8) is 0 Å². The van der Waals surface area contributed by atoms with Crippen molar-refractivity contribution >= 4 is 17.9 Å². The van der Waals surface area contributed by atoms with Crippen LogP contribution in [0.1, 0.15) is 310 Å². The van der Waals surface area contributed by atoms with Crippen LogP contribution in [0.2, 0.25) is 0 Å². The number of esters is 3. The highest BCUT2D eigenvalue weighted by atomic mass is 16.6. The topological polar surface area (TPSA) is 78.9 Å². The Labute approximate surface area is 410 Å². The number of unbranched alkanes of at least 4 members (excludes halogenated alkanes) is 36. The van der Waals surface area contributed by atoms with Crippen LogP contribution in [0.15, 0.2) is 36.5 Å². The molecule has 0 aliphatic carbocycles. The molecule has 0 aromatic rings. The van der Waals surface area contributed by atoms with Gasteiger partial charge < -0.3 is 14.2 Å². The second kappa shape index (κ2) is 55.2. The van der Waals surface area contributed by atoms with Crippen LogP contribution in [-0.4, -0.2) is 37.2 Å². The molecule has 1 unspecified atom stereocenters. The number of carbonyl (C=O) groups excluding carboxylic acids is 3. The maximum absolute atomic E-state index is 12.8. The van der Waals surface area contributed by atoms with Crippen LogP contribution in [0, 0.1) is 0 Å². The van der Waals surface area contributed by atoms with Crippen molar-refractivity contribution in [3.8, 4) is 0 Å². The predicted molar refractivity (Wildman–Crippen MR) is 284 cm³/mol. The minimum Gasteiger partial charge on any atom is -0.462 e. The Morgan fingerprint density at radius 2 is 0.591 bits per heavy atom. The molecule has 6 heteroatoms. The van der Waals surface area contributed by atoms with E-state index >= 15 is 0 Å². The third kappa shape index (κ3) is 52.6. The van der Waals surface area contributed by atoms with E-state index in [1.165, 1.54) is 186 Å². The van der Waals surface area contributed by atoms with Gasteiger partial charge in [0.25, 0.3) is 0 Å². The molecule has 0 radical (unpaired) electrons. The van der Waals surface area contributed by atoms with Crippen molar-refractivity contribution in [1.29, 1.82) is 0 Å². The Morgan fingerprint density at radius 3 is 0.924 bits per heavy atom. The lowest BCUT2D eigenvalue weighted by Crippen LogP contribution is -2.30. The van der Waals surface area contributed by atoms with E-state index in [0.29, 0.717) is 19.3 Å². The highest BCUT2D eigenvalue weighted by Gasteiger charge is 2.19. The average Bonchev–Trinajstić information content (AvgIpc) is 3.31. The third-order valence-electron chi connectivity index (χ3n) is 12.9. The van der Waals surface area contributed by atoms with Crippen LogP contribution >= 0.6 is 0 Å². The van der Waals surface area contributed by atoms with E-state index in [1.807, 2.05) is 0 Å². The minimum absolute atomic E-state index is 0.0748. The van der Waals surface area contributed by atoms with Gasteiger partial charge in [0.15, 0.2) is 6.10 Å². The van der Waals surface area contributed by atoms with Gasteiger partial charge in [-0.1, -0.05) is 256 Å². The van der Waals surface area contributed by atoms with Gasteiger partial charge in [0, 0.05) is 19.3 Å². The van der Waals surface area contributed by atoms with Crippen LogP contribution in [0.5, 0.6) is 0 Å². The molecule has 0 heterocycles. The van der Waals surface area contributed by atoms with Gasteiger partial charge in [0.05, 0.1) is 0 Å². The largest absolute Gasteiger partial charge is 0.462 e. The van der Waals surface area contributed by atoms with E-state index in [0.717, 1.165) is 83.5 Å². The molecule has 0 N–H and O–H groups in total. The maximum atomic E-state index is 12.8. The molecule has 1 atom stereocenters. The second-order valence-corrected chi connectivity index (χ2v) is 19.5. The summed E-state index contributed by atoms with van der Waals surface area (Å²) >= 11 is 0. The molecule has 0 aliphatic heterocycles. The number of hydrogen-bond donors (Lipinski definition) is 0. The molecule has 0 spiro atoms. The van der Waals surface area contributed by atoms with Gasteiger partial charge in [-0.3, -0.25) is 14.4 Å². The van der Waals surface area contributed by atoms with Crippen molar-refractivity contribution in [2.45, 2.75) is 316 Å². The fraction of sp³-hybridized carbons (Fsp3) is 0.850. The van der Waals surface area contributed by atoms with Gasteiger partial charge in [-0.05, 0) is 70.6 Å². The first kappa shape index (κ1) is 63.6. The number of ether oxygens (including phenoxy) is 3. The molecule has 0 rings (SSSR count). The molecule has 0 fully saturated rings. The van der Waals surface area contributed by atoms with E-state index in [1.54, 1.807) is 0 Å². The molecule has 0 aromatic carbocycles. The van der Waals surface area contributed by atoms with Crippen molar-refractivity contribution in [2.75, 3.05) is 13.2 Å². The van der Waals surface area contributed by atoms with Crippen LogP contribution < -0.4 is 0 Å². The van der Waals surface area contributed by atoms with E-state index in [4.69, 9.17) is 14.2 Å². The zero-order chi connectivity index (χ0) is 47.9. The smallest absolute Gasteiger partial charge is 0.306 e. The summed E-state index contributed by atoms with van der Waals surface area (Å²) in [5.74, 6) is -0.878. The summed E-state index contributed by atoms with van der Waals surface area (Å²) in [5, 5.41) is 0. The Balaban J connectivity index is 4.31. The molecule has 66 heavy (non-hydrogen) atoms. The first-order valence-corrected chi connectivity index (χ1v) is 29.0. The van der Waals surface area contributed by atoms with Crippen molar-refractivity contribution in [3.05, 3.63) is 36.5 Å². The molecule has 6 nitrogen and oxygen atoms in total. The quantitative estimate of drug-likeness (QED) is 0.0262. The van der Waals surface area contributed by atoms with E-state index < -0.39 is 6.10 Å².